The number of benzene rings is 2. The molecule has 0 saturated carbocycles. The van der Waals surface area contributed by atoms with Gasteiger partial charge in [-0.15, -0.1) is 0 Å². The zero-order valence-electron chi connectivity index (χ0n) is 14.7. The molecule has 2 aromatic carbocycles. The van der Waals surface area contributed by atoms with Gasteiger partial charge in [0.25, 0.3) is 5.91 Å². The molecule has 0 atom stereocenters. The maximum Gasteiger partial charge on any atom is 0.255 e. The summed E-state index contributed by atoms with van der Waals surface area (Å²) in [5.41, 5.74) is 2.79. The first-order valence-electron chi connectivity index (χ1n) is 8.09. The minimum Gasteiger partial charge on any atom is -0.441 e. The van der Waals surface area contributed by atoms with Gasteiger partial charge in [0.2, 0.25) is 10.0 Å². The topological polar surface area (TPSA) is 101 Å². The van der Waals surface area contributed by atoms with Crippen LogP contribution in [0.5, 0.6) is 0 Å². The van der Waals surface area contributed by atoms with E-state index in [0.717, 1.165) is 0 Å². The molecule has 0 aliphatic carbocycles. The Kier molecular flexibility index (Phi) is 4.80. The molecule has 3 rings (SSSR count). The van der Waals surface area contributed by atoms with Gasteiger partial charge in [-0.1, -0.05) is 13.0 Å². The second kappa shape index (κ2) is 6.89. The predicted molar refractivity (Wildman–Crippen MR) is 98.7 cm³/mol. The first-order valence-corrected chi connectivity index (χ1v) is 9.57. The molecule has 0 aliphatic heterocycles. The molecule has 0 aliphatic rings. The van der Waals surface area contributed by atoms with Gasteiger partial charge in [0, 0.05) is 24.7 Å². The summed E-state index contributed by atoms with van der Waals surface area (Å²) in [6.07, 6.45) is 0. The summed E-state index contributed by atoms with van der Waals surface area (Å²) in [6.45, 7) is 5.47. The number of aromatic nitrogens is 1. The maximum absolute atomic E-state index is 12.6. The number of amides is 1. The van der Waals surface area contributed by atoms with Crippen molar-refractivity contribution < 1.29 is 17.6 Å². The lowest BCUT2D eigenvalue weighted by Gasteiger charge is -2.10. The van der Waals surface area contributed by atoms with Crippen LogP contribution in [0.1, 0.15) is 28.7 Å². The van der Waals surface area contributed by atoms with Gasteiger partial charge in [0.15, 0.2) is 11.5 Å². The zero-order chi connectivity index (χ0) is 18.9. The Balaban J connectivity index is 1.91. The first kappa shape index (κ1) is 18.1. The van der Waals surface area contributed by atoms with E-state index in [2.05, 4.69) is 15.0 Å². The Labute approximate surface area is 151 Å². The molecule has 1 amide bonds. The lowest BCUT2D eigenvalue weighted by atomic mass is 10.1. The summed E-state index contributed by atoms with van der Waals surface area (Å²) in [5.74, 6) is 0.149. The minimum absolute atomic E-state index is 0.0534. The fraction of sp³-hybridized carbons (Fsp3) is 0.222. The number of rotatable bonds is 5. The van der Waals surface area contributed by atoms with Crippen molar-refractivity contribution in [2.45, 2.75) is 25.7 Å². The summed E-state index contributed by atoms with van der Waals surface area (Å²) in [6, 6.07) is 9.61. The van der Waals surface area contributed by atoms with Gasteiger partial charge < -0.3 is 9.73 Å². The van der Waals surface area contributed by atoms with Crippen molar-refractivity contribution in [2.24, 2.45) is 0 Å². The third kappa shape index (κ3) is 3.61. The molecule has 1 aromatic heterocycles. The molecule has 0 saturated heterocycles. The van der Waals surface area contributed by atoms with E-state index in [1.807, 2.05) is 0 Å². The highest BCUT2D eigenvalue weighted by Gasteiger charge is 2.17. The SMILES string of the molecule is CCNS(=O)(=O)c1ccc(C)c(C(=O)Nc2ccc3oc(C)nc3c2)c1. The molecule has 0 spiro atoms. The van der Waals surface area contributed by atoms with Crippen LogP contribution in [0, 0.1) is 13.8 Å². The largest absolute Gasteiger partial charge is 0.441 e. The predicted octanol–water partition coefficient (Wildman–Crippen LogP) is 3.00. The van der Waals surface area contributed by atoms with Crippen molar-refractivity contribution in [3.63, 3.8) is 0 Å². The lowest BCUT2D eigenvalue weighted by molar-refractivity contribution is 0.102. The minimum atomic E-state index is -3.63. The number of sulfonamides is 1. The van der Waals surface area contributed by atoms with Crippen molar-refractivity contribution in [2.75, 3.05) is 11.9 Å². The molecule has 1 heterocycles. The van der Waals surface area contributed by atoms with Crippen LogP contribution in [0.25, 0.3) is 11.1 Å². The monoisotopic (exact) mass is 373 g/mol. The van der Waals surface area contributed by atoms with Gasteiger partial charge in [0.1, 0.15) is 5.52 Å². The molecule has 136 valence electrons. The normalized spacial score (nSPS) is 11.7. The summed E-state index contributed by atoms with van der Waals surface area (Å²) in [7, 11) is -3.63. The number of aryl methyl sites for hydroxylation is 2. The summed E-state index contributed by atoms with van der Waals surface area (Å²) in [4.78, 5) is 16.9. The number of carbonyl (C=O) groups excluding carboxylic acids is 1. The van der Waals surface area contributed by atoms with Crippen molar-refractivity contribution in [3.8, 4) is 0 Å². The molecule has 0 unspecified atom stereocenters. The third-order valence-corrected chi connectivity index (χ3v) is 5.39. The van der Waals surface area contributed by atoms with Crippen LogP contribution in [-0.2, 0) is 10.0 Å². The van der Waals surface area contributed by atoms with E-state index < -0.39 is 15.9 Å². The molecule has 8 heteroatoms. The Morgan fingerprint density at radius 1 is 1.15 bits per heavy atom. The number of carbonyl (C=O) groups is 1. The fourth-order valence-corrected chi connectivity index (χ4v) is 3.67. The van der Waals surface area contributed by atoms with Crippen LogP contribution in [0.2, 0.25) is 0 Å². The fourth-order valence-electron chi connectivity index (χ4n) is 2.61. The van der Waals surface area contributed by atoms with E-state index in [9.17, 15) is 13.2 Å². The van der Waals surface area contributed by atoms with Gasteiger partial charge >= 0.3 is 0 Å². The third-order valence-electron chi connectivity index (χ3n) is 3.85. The van der Waals surface area contributed by atoms with Crippen LogP contribution in [0.15, 0.2) is 45.7 Å². The molecule has 7 nitrogen and oxygen atoms in total. The van der Waals surface area contributed by atoms with Gasteiger partial charge in [0.05, 0.1) is 4.90 Å². The zero-order valence-corrected chi connectivity index (χ0v) is 15.5. The molecular weight excluding hydrogens is 354 g/mol. The highest BCUT2D eigenvalue weighted by Crippen LogP contribution is 2.21. The Hall–Kier alpha value is -2.71. The number of hydrogen-bond donors (Lipinski definition) is 2. The molecule has 0 radical (unpaired) electrons. The van der Waals surface area contributed by atoms with Crippen LogP contribution in [0.3, 0.4) is 0 Å². The average Bonchev–Trinajstić information content (AvgIpc) is 2.94. The van der Waals surface area contributed by atoms with Gasteiger partial charge in [-0.25, -0.2) is 18.1 Å². The molecule has 0 fully saturated rings. The van der Waals surface area contributed by atoms with Gasteiger partial charge in [-0.3, -0.25) is 4.79 Å². The number of hydrogen-bond acceptors (Lipinski definition) is 5. The van der Waals surface area contributed by atoms with Crippen LogP contribution in [0.4, 0.5) is 5.69 Å². The number of anilines is 1. The van der Waals surface area contributed by atoms with E-state index in [1.54, 1.807) is 45.0 Å². The molecule has 2 N–H and O–H groups in total. The van der Waals surface area contributed by atoms with Crippen molar-refractivity contribution in [1.82, 2.24) is 9.71 Å². The Morgan fingerprint density at radius 3 is 2.65 bits per heavy atom. The van der Waals surface area contributed by atoms with Crippen LogP contribution >= 0.6 is 0 Å². The number of fused-ring (bicyclic) bond motifs is 1. The standard InChI is InChI=1S/C18H19N3O4S/c1-4-19-26(23,24)14-7-5-11(2)15(10-14)18(22)21-13-6-8-17-16(9-13)20-12(3)25-17/h5-10,19H,4H2,1-3H3,(H,21,22). The van der Waals surface area contributed by atoms with Crippen LogP contribution in [-0.4, -0.2) is 25.9 Å². The van der Waals surface area contributed by atoms with E-state index in [4.69, 9.17) is 4.42 Å². The summed E-state index contributed by atoms with van der Waals surface area (Å²) >= 11 is 0. The number of oxazole rings is 1. The average molecular weight is 373 g/mol. The van der Waals surface area contributed by atoms with Crippen LogP contribution < -0.4 is 10.0 Å². The van der Waals surface area contributed by atoms with Gasteiger partial charge in [-0.2, -0.15) is 0 Å². The van der Waals surface area contributed by atoms with Gasteiger partial charge in [-0.05, 0) is 42.8 Å². The van der Waals surface area contributed by atoms with E-state index >= 15 is 0 Å². The highest BCUT2D eigenvalue weighted by atomic mass is 32.2. The summed E-state index contributed by atoms with van der Waals surface area (Å²) in [5, 5.41) is 2.78. The van der Waals surface area contributed by atoms with Crippen molar-refractivity contribution in [3.05, 3.63) is 53.4 Å². The second-order valence-corrected chi connectivity index (χ2v) is 7.61. The van der Waals surface area contributed by atoms with E-state index in [0.29, 0.717) is 33.8 Å². The number of nitrogens with zero attached hydrogens (tertiary/aromatic N) is 1. The first-order chi connectivity index (χ1) is 12.3. The quantitative estimate of drug-likeness (QED) is 0.716. The Bertz CT molecular complexity index is 1090. The maximum atomic E-state index is 12.6. The molecule has 26 heavy (non-hydrogen) atoms. The molecular formula is C18H19N3O4S. The van der Waals surface area contributed by atoms with E-state index in [-0.39, 0.29) is 11.4 Å². The molecule has 0 bridgehead atoms. The van der Waals surface area contributed by atoms with Crippen molar-refractivity contribution >= 4 is 32.7 Å². The smallest absolute Gasteiger partial charge is 0.255 e. The Morgan fingerprint density at radius 2 is 1.92 bits per heavy atom. The lowest BCUT2D eigenvalue weighted by Crippen LogP contribution is -2.24. The number of nitrogens with one attached hydrogen (secondary N) is 2. The summed E-state index contributed by atoms with van der Waals surface area (Å²) < 4.78 is 32.2. The van der Waals surface area contributed by atoms with Crippen molar-refractivity contribution in [1.29, 1.82) is 0 Å². The second-order valence-electron chi connectivity index (χ2n) is 5.85. The molecule has 3 aromatic rings. The highest BCUT2D eigenvalue weighted by molar-refractivity contribution is 7.89. The van der Waals surface area contributed by atoms with E-state index in [1.165, 1.54) is 12.1 Å².